The molecule has 0 fully saturated rings. The van der Waals surface area contributed by atoms with Crippen LogP contribution in [0.1, 0.15) is 43.7 Å². The summed E-state index contributed by atoms with van der Waals surface area (Å²) in [4.78, 5) is 17.1. The lowest BCUT2D eigenvalue weighted by atomic mass is 9.96. The van der Waals surface area contributed by atoms with Gasteiger partial charge in [-0.2, -0.15) is 5.10 Å². The average molecular weight is 524 g/mol. The molecule has 0 unspecified atom stereocenters. The molecule has 3 aromatic carbocycles. The van der Waals surface area contributed by atoms with E-state index in [1.54, 1.807) is 29.3 Å². The van der Waals surface area contributed by atoms with Gasteiger partial charge >= 0.3 is 0 Å². The number of anilines is 1. The Balaban J connectivity index is 1.22. The summed E-state index contributed by atoms with van der Waals surface area (Å²) in [5.74, 6) is 0.226. The number of para-hydroxylation sites is 1. The van der Waals surface area contributed by atoms with Gasteiger partial charge in [0.2, 0.25) is 0 Å². The lowest BCUT2D eigenvalue weighted by Crippen LogP contribution is -2.23. The van der Waals surface area contributed by atoms with Crippen molar-refractivity contribution in [3.05, 3.63) is 118 Å². The lowest BCUT2D eigenvalue weighted by Gasteiger charge is -2.14. The van der Waals surface area contributed by atoms with Gasteiger partial charge in [-0.1, -0.05) is 36.4 Å². The van der Waals surface area contributed by atoms with Crippen LogP contribution in [-0.4, -0.2) is 27.8 Å². The van der Waals surface area contributed by atoms with Crippen LogP contribution in [0.5, 0.6) is 5.75 Å². The van der Waals surface area contributed by atoms with Gasteiger partial charge in [-0.3, -0.25) is 9.48 Å². The first kappa shape index (κ1) is 25.9. The van der Waals surface area contributed by atoms with Gasteiger partial charge in [-0.15, -0.1) is 0 Å². The number of ether oxygens (including phenoxy) is 1. The summed E-state index contributed by atoms with van der Waals surface area (Å²) >= 11 is 0. The van der Waals surface area contributed by atoms with Crippen LogP contribution in [-0.2, 0) is 19.5 Å². The Hall–Kier alpha value is -4.72. The third kappa shape index (κ3) is 5.45. The van der Waals surface area contributed by atoms with Crippen LogP contribution in [0.4, 0.5) is 10.2 Å². The van der Waals surface area contributed by atoms with Crippen LogP contribution < -0.4 is 15.8 Å². The van der Waals surface area contributed by atoms with Crippen molar-refractivity contribution in [1.29, 1.82) is 0 Å². The maximum Gasteiger partial charge on any atom is 0.254 e. The van der Waals surface area contributed by atoms with Crippen molar-refractivity contribution in [3.8, 4) is 5.75 Å². The molecule has 0 spiro atoms. The zero-order valence-corrected chi connectivity index (χ0v) is 22.2. The number of hydrogen-bond acceptors (Lipinski definition) is 5. The molecule has 2 heterocycles. The summed E-state index contributed by atoms with van der Waals surface area (Å²) < 4.78 is 20.9. The number of nitrogens with one attached hydrogen (secondary N) is 1. The average Bonchev–Trinajstić information content (AvgIpc) is 3.39. The Morgan fingerprint density at radius 2 is 1.85 bits per heavy atom. The van der Waals surface area contributed by atoms with E-state index in [9.17, 15) is 9.18 Å². The summed E-state index contributed by atoms with van der Waals surface area (Å²) in [7, 11) is 1.48. The second-order valence-electron chi connectivity index (χ2n) is 9.62. The molecule has 0 saturated carbocycles. The van der Waals surface area contributed by atoms with Crippen LogP contribution in [0, 0.1) is 19.7 Å². The van der Waals surface area contributed by atoms with Crippen LogP contribution in [0.25, 0.3) is 10.8 Å². The van der Waals surface area contributed by atoms with E-state index in [-0.39, 0.29) is 17.5 Å². The van der Waals surface area contributed by atoms with E-state index < -0.39 is 0 Å². The van der Waals surface area contributed by atoms with E-state index in [1.807, 2.05) is 56.3 Å². The van der Waals surface area contributed by atoms with Gasteiger partial charge in [0.05, 0.1) is 25.4 Å². The summed E-state index contributed by atoms with van der Waals surface area (Å²) in [6.07, 6.45) is 5.58. The molecule has 0 saturated heterocycles. The Kier molecular flexibility index (Phi) is 7.27. The number of halogens is 1. The number of methoxy groups -OCH3 is 1. The van der Waals surface area contributed by atoms with Crippen molar-refractivity contribution in [1.82, 2.24) is 20.1 Å². The third-order valence-electron chi connectivity index (χ3n) is 7.05. The molecule has 8 heteroatoms. The number of nitrogens with zero attached hydrogens (tertiary/aromatic N) is 3. The summed E-state index contributed by atoms with van der Waals surface area (Å²) in [6.45, 7) is 4.97. The Labute approximate surface area is 226 Å². The molecular weight excluding hydrogens is 493 g/mol. The molecule has 0 atom stereocenters. The highest BCUT2D eigenvalue weighted by Gasteiger charge is 2.14. The minimum absolute atomic E-state index is 0.186. The molecule has 198 valence electrons. The number of amides is 1. The van der Waals surface area contributed by atoms with Crippen LogP contribution in [0.15, 0.2) is 73.2 Å². The standard InChI is InChI=1S/C31H30FN5O2/c1-19-13-26-25(11-12-34-30(26)33)20(2)27(19)16-35-31(38)24-15-36-37(18-24)17-22-9-7-21(8-10-22)14-23-5-4-6-28(32)29(23)39-3/h4-13,15,18H,14,16-17H2,1-3H3,(H2,33,34)(H,35,38). The Morgan fingerprint density at radius 3 is 2.62 bits per heavy atom. The second-order valence-corrected chi connectivity index (χ2v) is 9.62. The van der Waals surface area contributed by atoms with Gasteiger partial charge < -0.3 is 15.8 Å². The zero-order valence-electron chi connectivity index (χ0n) is 22.2. The van der Waals surface area contributed by atoms with Crippen molar-refractivity contribution in [2.75, 3.05) is 12.8 Å². The molecule has 39 heavy (non-hydrogen) atoms. The smallest absolute Gasteiger partial charge is 0.254 e. The topological polar surface area (TPSA) is 95.1 Å². The van der Waals surface area contributed by atoms with Gasteiger partial charge in [0.1, 0.15) is 5.82 Å². The van der Waals surface area contributed by atoms with E-state index in [0.29, 0.717) is 30.9 Å². The SMILES string of the molecule is COc1c(F)cccc1Cc1ccc(Cn2cc(C(=O)NCc3c(C)cc4c(N)nccc4c3C)cn2)cc1. The molecule has 0 aliphatic heterocycles. The number of aryl methyl sites for hydroxylation is 2. The summed E-state index contributed by atoms with van der Waals surface area (Å²) in [6, 6.07) is 16.9. The molecular formula is C31H30FN5O2. The van der Waals surface area contributed by atoms with E-state index >= 15 is 0 Å². The highest BCUT2D eigenvalue weighted by molar-refractivity contribution is 5.95. The predicted octanol–water partition coefficient (Wildman–Crippen LogP) is 5.35. The zero-order chi connectivity index (χ0) is 27.5. The van der Waals surface area contributed by atoms with E-state index in [4.69, 9.17) is 10.5 Å². The van der Waals surface area contributed by atoms with Crippen LogP contribution in [0.2, 0.25) is 0 Å². The Bertz CT molecular complexity index is 1660. The fourth-order valence-corrected chi connectivity index (χ4v) is 4.93. The minimum Gasteiger partial charge on any atom is -0.493 e. The molecule has 0 aliphatic carbocycles. The van der Waals surface area contributed by atoms with Crippen molar-refractivity contribution < 1.29 is 13.9 Å². The summed E-state index contributed by atoms with van der Waals surface area (Å²) in [5.41, 5.74) is 12.6. The molecule has 7 nitrogen and oxygen atoms in total. The van der Waals surface area contributed by atoms with Gasteiger partial charge in [0.15, 0.2) is 11.6 Å². The quantitative estimate of drug-likeness (QED) is 0.286. The van der Waals surface area contributed by atoms with E-state index in [2.05, 4.69) is 15.4 Å². The van der Waals surface area contributed by atoms with Crippen LogP contribution in [0.3, 0.4) is 0 Å². The normalized spacial score (nSPS) is 11.1. The van der Waals surface area contributed by atoms with Crippen molar-refractivity contribution >= 4 is 22.5 Å². The number of nitrogens with two attached hydrogens (primary N) is 1. The van der Waals surface area contributed by atoms with E-state index in [0.717, 1.165) is 44.2 Å². The van der Waals surface area contributed by atoms with Crippen molar-refractivity contribution in [2.24, 2.45) is 0 Å². The van der Waals surface area contributed by atoms with Crippen molar-refractivity contribution in [3.63, 3.8) is 0 Å². The number of fused-ring (bicyclic) bond motifs is 1. The van der Waals surface area contributed by atoms with Crippen molar-refractivity contribution in [2.45, 2.75) is 33.4 Å². The third-order valence-corrected chi connectivity index (χ3v) is 7.05. The fraction of sp³-hybridized carbons (Fsp3) is 0.194. The van der Waals surface area contributed by atoms with Gasteiger partial charge in [-0.25, -0.2) is 9.37 Å². The highest BCUT2D eigenvalue weighted by Crippen LogP contribution is 2.28. The molecule has 0 radical (unpaired) electrons. The molecule has 0 aliphatic rings. The monoisotopic (exact) mass is 523 g/mol. The molecule has 1 amide bonds. The molecule has 5 aromatic rings. The first-order valence-corrected chi connectivity index (χ1v) is 12.7. The number of nitrogen functional groups attached to an aromatic ring is 1. The highest BCUT2D eigenvalue weighted by atomic mass is 19.1. The maximum atomic E-state index is 14.0. The number of carbonyl (C=O) groups is 1. The number of carbonyl (C=O) groups excluding carboxylic acids is 1. The molecule has 3 N–H and O–H groups in total. The Morgan fingerprint density at radius 1 is 1.08 bits per heavy atom. The minimum atomic E-state index is -0.365. The van der Waals surface area contributed by atoms with Gasteiger partial charge in [-0.05, 0) is 65.3 Å². The molecule has 5 rings (SSSR count). The number of pyridine rings is 1. The predicted molar refractivity (Wildman–Crippen MR) is 150 cm³/mol. The second kappa shape index (κ2) is 10.9. The largest absolute Gasteiger partial charge is 0.493 e. The summed E-state index contributed by atoms with van der Waals surface area (Å²) in [5, 5.41) is 9.35. The van der Waals surface area contributed by atoms with Crippen LogP contribution >= 0.6 is 0 Å². The maximum absolute atomic E-state index is 14.0. The fourth-order valence-electron chi connectivity index (χ4n) is 4.93. The lowest BCUT2D eigenvalue weighted by molar-refractivity contribution is 0.0950. The number of aromatic nitrogens is 3. The number of hydrogen-bond donors (Lipinski definition) is 2. The number of benzene rings is 3. The van der Waals surface area contributed by atoms with E-state index in [1.165, 1.54) is 13.2 Å². The van der Waals surface area contributed by atoms with Gasteiger partial charge in [0.25, 0.3) is 5.91 Å². The first-order valence-electron chi connectivity index (χ1n) is 12.7. The molecule has 0 bridgehead atoms. The van der Waals surface area contributed by atoms with Gasteiger partial charge in [0, 0.05) is 36.3 Å². The first-order chi connectivity index (χ1) is 18.8. The molecule has 2 aromatic heterocycles. The number of rotatable bonds is 8.